The van der Waals surface area contributed by atoms with Gasteiger partial charge in [-0.05, 0) is 68.1 Å². The molecule has 0 amide bonds. The van der Waals surface area contributed by atoms with Crippen molar-refractivity contribution < 1.29 is 9.13 Å². The number of nitrogens with one attached hydrogen (secondary N) is 1. The highest BCUT2D eigenvalue weighted by Gasteiger charge is 2.22. The molecule has 0 aliphatic carbocycles. The fourth-order valence-corrected chi connectivity index (χ4v) is 4.30. The number of hydrogen-bond acceptors (Lipinski definition) is 6. The van der Waals surface area contributed by atoms with E-state index in [0.29, 0.717) is 11.7 Å². The third kappa shape index (κ3) is 4.54. The molecule has 6 nitrogen and oxygen atoms in total. The zero-order chi connectivity index (χ0) is 22.8. The lowest BCUT2D eigenvalue weighted by molar-refractivity contribution is 0.0846. The van der Waals surface area contributed by atoms with Gasteiger partial charge in [-0.3, -0.25) is 0 Å². The Hall–Kier alpha value is -3.45. The van der Waals surface area contributed by atoms with Crippen LogP contribution < -0.4 is 5.32 Å². The van der Waals surface area contributed by atoms with E-state index in [0.717, 1.165) is 65.0 Å². The van der Waals surface area contributed by atoms with Crippen LogP contribution in [0.15, 0.2) is 54.6 Å². The molecule has 168 valence electrons. The van der Waals surface area contributed by atoms with Crippen LogP contribution in [0.2, 0.25) is 0 Å². The molecule has 1 N–H and O–H groups in total. The minimum atomic E-state index is -0.248. The summed E-state index contributed by atoms with van der Waals surface area (Å²) in [5.74, 6) is 0.766. The zero-order valence-electron chi connectivity index (χ0n) is 18.8. The van der Waals surface area contributed by atoms with E-state index in [4.69, 9.17) is 4.74 Å². The predicted molar refractivity (Wildman–Crippen MR) is 127 cm³/mol. The number of anilines is 1. The highest BCUT2D eigenvalue weighted by Crippen LogP contribution is 2.36. The van der Waals surface area contributed by atoms with Crippen molar-refractivity contribution in [2.45, 2.75) is 38.6 Å². The second kappa shape index (κ2) is 9.19. The molecule has 4 aromatic rings. The monoisotopic (exact) mass is 443 g/mol. The molecule has 0 spiro atoms. The summed E-state index contributed by atoms with van der Waals surface area (Å²) in [6.45, 7) is 5.43. The van der Waals surface area contributed by atoms with Crippen molar-refractivity contribution in [3.05, 3.63) is 77.5 Å². The van der Waals surface area contributed by atoms with Crippen molar-refractivity contribution in [1.29, 1.82) is 0 Å². The van der Waals surface area contributed by atoms with E-state index in [-0.39, 0.29) is 11.9 Å². The molecular formula is C26H26FN5O. The van der Waals surface area contributed by atoms with E-state index in [1.807, 2.05) is 26.0 Å². The largest absolute Gasteiger partial charge is 0.381 e. The molecule has 0 bridgehead atoms. The fourth-order valence-electron chi connectivity index (χ4n) is 4.30. The van der Waals surface area contributed by atoms with Crippen LogP contribution >= 0.6 is 0 Å². The van der Waals surface area contributed by atoms with E-state index < -0.39 is 0 Å². The molecule has 1 saturated heterocycles. The Bertz CT molecular complexity index is 1250. The molecule has 0 saturated carbocycles. The molecule has 2 aromatic heterocycles. The molecule has 7 heteroatoms. The van der Waals surface area contributed by atoms with Crippen LogP contribution in [0.3, 0.4) is 0 Å². The normalized spacial score (nSPS) is 15.5. The molecule has 3 heterocycles. The first-order chi connectivity index (χ1) is 16.1. The third-order valence-electron chi connectivity index (χ3n) is 6.21. The Morgan fingerprint density at radius 3 is 2.36 bits per heavy atom. The van der Waals surface area contributed by atoms with E-state index in [1.165, 1.54) is 12.1 Å². The summed E-state index contributed by atoms with van der Waals surface area (Å²) in [6.07, 6.45) is 1.87. The molecule has 1 aliphatic heterocycles. The number of aryl methyl sites for hydroxylation is 1. The van der Waals surface area contributed by atoms with Gasteiger partial charge in [-0.2, -0.15) is 15.3 Å². The Kier molecular flexibility index (Phi) is 5.96. The van der Waals surface area contributed by atoms with Gasteiger partial charge in [0.2, 0.25) is 0 Å². The van der Waals surface area contributed by atoms with Gasteiger partial charge in [0.25, 0.3) is 0 Å². The minimum Gasteiger partial charge on any atom is -0.381 e. The van der Waals surface area contributed by atoms with Crippen LogP contribution in [-0.4, -0.2) is 33.6 Å². The SMILES string of the molecule is Cc1ccc(C(C)Nc2nnc(C3CCOCC3)c3ccc(-c4ccc(F)cc4)cc23)nn1. The number of fused-ring (bicyclic) bond motifs is 1. The van der Waals surface area contributed by atoms with Gasteiger partial charge in [0, 0.05) is 29.9 Å². The van der Waals surface area contributed by atoms with Gasteiger partial charge in [0.05, 0.1) is 23.1 Å². The van der Waals surface area contributed by atoms with Gasteiger partial charge in [0.1, 0.15) is 5.82 Å². The smallest absolute Gasteiger partial charge is 0.157 e. The molecular weight excluding hydrogens is 417 g/mol. The quantitative estimate of drug-likeness (QED) is 0.433. The van der Waals surface area contributed by atoms with Gasteiger partial charge in [-0.1, -0.05) is 24.3 Å². The van der Waals surface area contributed by atoms with E-state index >= 15 is 0 Å². The van der Waals surface area contributed by atoms with Crippen molar-refractivity contribution in [1.82, 2.24) is 20.4 Å². The summed E-state index contributed by atoms with van der Waals surface area (Å²) < 4.78 is 19.0. The highest BCUT2D eigenvalue weighted by molar-refractivity contribution is 5.96. The number of rotatable bonds is 5. The molecule has 33 heavy (non-hydrogen) atoms. The summed E-state index contributed by atoms with van der Waals surface area (Å²) in [7, 11) is 0. The van der Waals surface area contributed by atoms with Crippen LogP contribution in [0.25, 0.3) is 21.9 Å². The standard InChI is InChI=1S/C26H26FN5O/c1-16-3-10-24(30-29-16)17(2)28-26-23-15-20(18-4-7-21(27)8-5-18)6-9-22(23)25(31-32-26)19-11-13-33-14-12-19/h3-10,15,17,19H,11-14H2,1-2H3,(H,28,32). The summed E-state index contributed by atoms with van der Waals surface area (Å²) in [5.41, 5.74) is 4.66. The Balaban J connectivity index is 1.58. The van der Waals surface area contributed by atoms with Crippen LogP contribution in [0.4, 0.5) is 10.2 Å². The van der Waals surface area contributed by atoms with Gasteiger partial charge < -0.3 is 10.1 Å². The molecule has 1 unspecified atom stereocenters. The number of aromatic nitrogens is 4. The number of benzene rings is 2. The second-order valence-electron chi connectivity index (χ2n) is 8.55. The van der Waals surface area contributed by atoms with Crippen LogP contribution in [0.1, 0.15) is 48.8 Å². The van der Waals surface area contributed by atoms with Gasteiger partial charge in [0.15, 0.2) is 5.82 Å². The Morgan fingerprint density at radius 1 is 0.879 bits per heavy atom. The first-order valence-electron chi connectivity index (χ1n) is 11.3. The van der Waals surface area contributed by atoms with Crippen molar-refractivity contribution in [3.63, 3.8) is 0 Å². The summed E-state index contributed by atoms with van der Waals surface area (Å²) >= 11 is 0. The Labute approximate surface area is 192 Å². The van der Waals surface area contributed by atoms with Gasteiger partial charge in [-0.25, -0.2) is 4.39 Å². The highest BCUT2D eigenvalue weighted by atomic mass is 19.1. The van der Waals surface area contributed by atoms with E-state index in [9.17, 15) is 4.39 Å². The topological polar surface area (TPSA) is 72.8 Å². The first kappa shape index (κ1) is 21.4. The van der Waals surface area contributed by atoms with Crippen LogP contribution in [-0.2, 0) is 4.74 Å². The van der Waals surface area contributed by atoms with E-state index in [1.54, 1.807) is 12.1 Å². The van der Waals surface area contributed by atoms with Gasteiger partial charge in [-0.15, -0.1) is 5.10 Å². The third-order valence-corrected chi connectivity index (χ3v) is 6.21. The number of nitrogens with zero attached hydrogens (tertiary/aromatic N) is 4. The second-order valence-corrected chi connectivity index (χ2v) is 8.55. The number of halogens is 1. The first-order valence-corrected chi connectivity index (χ1v) is 11.3. The molecule has 1 atom stereocenters. The maximum atomic E-state index is 13.5. The maximum Gasteiger partial charge on any atom is 0.157 e. The fraction of sp³-hybridized carbons (Fsp3) is 0.308. The van der Waals surface area contributed by atoms with Crippen molar-refractivity contribution in [2.75, 3.05) is 18.5 Å². The van der Waals surface area contributed by atoms with E-state index in [2.05, 4.69) is 43.9 Å². The predicted octanol–water partition coefficient (Wildman–Crippen LogP) is 5.60. The van der Waals surface area contributed by atoms with Gasteiger partial charge >= 0.3 is 0 Å². The minimum absolute atomic E-state index is 0.0981. The summed E-state index contributed by atoms with van der Waals surface area (Å²) in [4.78, 5) is 0. The molecule has 2 aromatic carbocycles. The number of hydrogen-bond donors (Lipinski definition) is 1. The van der Waals surface area contributed by atoms with Crippen LogP contribution in [0.5, 0.6) is 0 Å². The Morgan fingerprint density at radius 2 is 1.64 bits per heavy atom. The molecule has 1 fully saturated rings. The lowest BCUT2D eigenvalue weighted by atomic mass is 9.91. The average molecular weight is 444 g/mol. The van der Waals surface area contributed by atoms with Crippen molar-refractivity contribution >= 4 is 16.6 Å². The lowest BCUT2D eigenvalue weighted by Gasteiger charge is -2.23. The molecule has 5 rings (SSSR count). The number of ether oxygens (including phenoxy) is 1. The van der Waals surface area contributed by atoms with Crippen LogP contribution in [0, 0.1) is 12.7 Å². The van der Waals surface area contributed by atoms with Crippen molar-refractivity contribution in [3.8, 4) is 11.1 Å². The zero-order valence-corrected chi connectivity index (χ0v) is 18.8. The summed E-state index contributed by atoms with van der Waals surface area (Å²) in [5, 5.41) is 23.3. The summed E-state index contributed by atoms with van der Waals surface area (Å²) in [6, 6.07) is 16.7. The maximum absolute atomic E-state index is 13.5. The molecule has 0 radical (unpaired) electrons. The lowest BCUT2D eigenvalue weighted by Crippen LogP contribution is -2.17. The average Bonchev–Trinajstić information content (AvgIpc) is 2.85. The van der Waals surface area contributed by atoms with Crippen molar-refractivity contribution in [2.24, 2.45) is 0 Å². The molecule has 1 aliphatic rings.